The minimum Gasteiger partial charge on any atom is -0.207 e. The van der Waals surface area contributed by atoms with Crippen molar-refractivity contribution in [3.05, 3.63) is 65.7 Å². The van der Waals surface area contributed by atoms with E-state index in [2.05, 4.69) is 16.6 Å². The molecule has 3 nitrogen and oxygen atoms in total. The van der Waals surface area contributed by atoms with Crippen LogP contribution < -0.4 is 4.72 Å². The molecule has 0 saturated carbocycles. The Kier molecular flexibility index (Phi) is 4.79. The van der Waals surface area contributed by atoms with Crippen LogP contribution in [0, 0.1) is 18.8 Å². The Morgan fingerprint density at radius 3 is 2.19 bits per heavy atom. The molecule has 1 N–H and O–H groups in total. The summed E-state index contributed by atoms with van der Waals surface area (Å²) in [5.74, 6) is 5.67. The smallest absolute Gasteiger partial charge is 0.207 e. The van der Waals surface area contributed by atoms with Crippen molar-refractivity contribution in [2.45, 2.75) is 24.8 Å². The molecule has 0 heterocycles. The first-order valence-electron chi connectivity index (χ1n) is 6.59. The van der Waals surface area contributed by atoms with Gasteiger partial charge in [-0.05, 0) is 31.5 Å². The zero-order valence-electron chi connectivity index (χ0n) is 12.0. The Morgan fingerprint density at radius 2 is 1.62 bits per heavy atom. The summed E-state index contributed by atoms with van der Waals surface area (Å²) in [6.07, 6.45) is 0. The van der Waals surface area contributed by atoms with Gasteiger partial charge in [-0.1, -0.05) is 53.9 Å². The third kappa shape index (κ3) is 3.94. The Labute approximate surface area is 126 Å². The van der Waals surface area contributed by atoms with Crippen LogP contribution in [0.4, 0.5) is 0 Å². The summed E-state index contributed by atoms with van der Waals surface area (Å²) in [5, 5.41) is 0. The van der Waals surface area contributed by atoms with Gasteiger partial charge in [0.25, 0.3) is 0 Å². The lowest BCUT2D eigenvalue weighted by atomic mass is 10.1. The van der Waals surface area contributed by atoms with Gasteiger partial charge in [0.15, 0.2) is 0 Å². The van der Waals surface area contributed by atoms with Crippen LogP contribution in [0.1, 0.15) is 24.1 Å². The molecule has 0 radical (unpaired) electrons. The first-order chi connectivity index (χ1) is 10.0. The van der Waals surface area contributed by atoms with Crippen molar-refractivity contribution in [2.75, 3.05) is 0 Å². The lowest BCUT2D eigenvalue weighted by Crippen LogP contribution is -2.27. The normalized spacial score (nSPS) is 12.3. The fourth-order valence-corrected chi connectivity index (χ4v) is 3.05. The standard InChI is InChI=1S/C17H17NO2S/c1-3-7-17(15-8-5-4-6-9-15)18-21(19,20)16-12-10-14(2)11-13-16/h4-6,8-13,17-18H,1-2H3/t17-/m0/s1. The van der Waals surface area contributed by atoms with E-state index in [0.717, 1.165) is 11.1 Å². The van der Waals surface area contributed by atoms with Crippen molar-refractivity contribution < 1.29 is 8.42 Å². The van der Waals surface area contributed by atoms with E-state index in [1.54, 1.807) is 31.2 Å². The maximum Gasteiger partial charge on any atom is 0.241 e. The van der Waals surface area contributed by atoms with Gasteiger partial charge in [0, 0.05) is 0 Å². The van der Waals surface area contributed by atoms with Crippen LogP contribution in [0.15, 0.2) is 59.5 Å². The minimum absolute atomic E-state index is 0.243. The largest absolute Gasteiger partial charge is 0.241 e. The molecule has 0 aliphatic heterocycles. The maximum absolute atomic E-state index is 12.4. The number of hydrogen-bond donors (Lipinski definition) is 1. The van der Waals surface area contributed by atoms with Gasteiger partial charge in [-0.15, -0.1) is 5.92 Å². The molecular formula is C17H17NO2S. The van der Waals surface area contributed by atoms with Gasteiger partial charge < -0.3 is 0 Å². The molecule has 0 spiro atoms. The quantitative estimate of drug-likeness (QED) is 0.882. The van der Waals surface area contributed by atoms with E-state index in [1.807, 2.05) is 37.3 Å². The van der Waals surface area contributed by atoms with Gasteiger partial charge in [0.05, 0.1) is 4.90 Å². The molecular weight excluding hydrogens is 282 g/mol. The molecule has 4 heteroatoms. The van der Waals surface area contributed by atoms with Crippen molar-refractivity contribution in [1.29, 1.82) is 0 Å². The average molecular weight is 299 g/mol. The number of nitrogens with one attached hydrogen (secondary N) is 1. The second-order valence-corrected chi connectivity index (χ2v) is 6.39. The van der Waals surface area contributed by atoms with E-state index in [9.17, 15) is 8.42 Å². The predicted molar refractivity (Wildman–Crippen MR) is 84.1 cm³/mol. The Hall–Kier alpha value is -2.09. The molecule has 0 saturated heterocycles. The summed E-state index contributed by atoms with van der Waals surface area (Å²) in [6.45, 7) is 3.61. The van der Waals surface area contributed by atoms with Crippen LogP contribution >= 0.6 is 0 Å². The molecule has 0 aliphatic carbocycles. The molecule has 2 rings (SSSR count). The third-order valence-corrected chi connectivity index (χ3v) is 4.46. The molecule has 2 aromatic rings. The van der Waals surface area contributed by atoms with Crippen LogP contribution in [-0.4, -0.2) is 8.42 Å². The van der Waals surface area contributed by atoms with E-state index in [-0.39, 0.29) is 4.90 Å². The van der Waals surface area contributed by atoms with E-state index in [4.69, 9.17) is 0 Å². The topological polar surface area (TPSA) is 46.2 Å². The minimum atomic E-state index is -3.60. The van der Waals surface area contributed by atoms with Gasteiger partial charge in [-0.25, -0.2) is 8.42 Å². The lowest BCUT2D eigenvalue weighted by molar-refractivity contribution is 0.576. The second-order valence-electron chi connectivity index (χ2n) is 4.67. The van der Waals surface area contributed by atoms with Crippen LogP contribution in [0.25, 0.3) is 0 Å². The summed E-state index contributed by atoms with van der Waals surface area (Å²) < 4.78 is 27.5. The lowest BCUT2D eigenvalue weighted by Gasteiger charge is -2.14. The Balaban J connectivity index is 2.31. The van der Waals surface area contributed by atoms with Gasteiger partial charge in [-0.2, -0.15) is 4.72 Å². The molecule has 1 atom stereocenters. The van der Waals surface area contributed by atoms with Gasteiger partial charge in [0.1, 0.15) is 6.04 Å². The van der Waals surface area contributed by atoms with E-state index < -0.39 is 16.1 Å². The van der Waals surface area contributed by atoms with Crippen LogP contribution in [0.3, 0.4) is 0 Å². The van der Waals surface area contributed by atoms with Crippen molar-refractivity contribution >= 4 is 10.0 Å². The fraction of sp³-hybridized carbons (Fsp3) is 0.176. The highest BCUT2D eigenvalue weighted by Gasteiger charge is 2.19. The van der Waals surface area contributed by atoms with Crippen LogP contribution in [-0.2, 0) is 10.0 Å². The van der Waals surface area contributed by atoms with Crippen LogP contribution in [0.2, 0.25) is 0 Å². The third-order valence-electron chi connectivity index (χ3n) is 3.03. The van der Waals surface area contributed by atoms with Crippen LogP contribution in [0.5, 0.6) is 0 Å². The second kappa shape index (κ2) is 6.57. The molecule has 0 fully saturated rings. The van der Waals surface area contributed by atoms with Gasteiger partial charge >= 0.3 is 0 Å². The monoisotopic (exact) mass is 299 g/mol. The zero-order chi connectivity index (χ0) is 15.3. The highest BCUT2D eigenvalue weighted by Crippen LogP contribution is 2.17. The predicted octanol–water partition coefficient (Wildman–Crippen LogP) is 3.04. The van der Waals surface area contributed by atoms with Crippen molar-refractivity contribution in [1.82, 2.24) is 4.72 Å². The van der Waals surface area contributed by atoms with E-state index >= 15 is 0 Å². The van der Waals surface area contributed by atoms with Crippen molar-refractivity contribution in [3.8, 4) is 11.8 Å². The molecule has 0 amide bonds. The summed E-state index contributed by atoms with van der Waals surface area (Å²) in [4.78, 5) is 0.243. The highest BCUT2D eigenvalue weighted by molar-refractivity contribution is 7.89. The van der Waals surface area contributed by atoms with Crippen molar-refractivity contribution in [2.24, 2.45) is 0 Å². The summed E-state index contributed by atoms with van der Waals surface area (Å²) >= 11 is 0. The molecule has 0 bridgehead atoms. The number of benzene rings is 2. The highest BCUT2D eigenvalue weighted by atomic mass is 32.2. The fourth-order valence-electron chi connectivity index (χ4n) is 1.91. The Bertz CT molecular complexity index is 754. The zero-order valence-corrected chi connectivity index (χ0v) is 12.8. The van der Waals surface area contributed by atoms with E-state index in [0.29, 0.717) is 0 Å². The molecule has 108 valence electrons. The maximum atomic E-state index is 12.4. The number of aryl methyl sites for hydroxylation is 1. The summed E-state index contributed by atoms with van der Waals surface area (Å²) in [6, 6.07) is 15.5. The summed E-state index contributed by atoms with van der Waals surface area (Å²) in [5.41, 5.74) is 1.84. The van der Waals surface area contributed by atoms with E-state index in [1.165, 1.54) is 0 Å². The summed E-state index contributed by atoms with van der Waals surface area (Å²) in [7, 11) is -3.60. The number of sulfonamides is 1. The number of hydrogen-bond acceptors (Lipinski definition) is 2. The molecule has 0 unspecified atom stereocenters. The first kappa shape index (κ1) is 15.3. The SMILES string of the molecule is CC#C[C@H](NS(=O)(=O)c1ccc(C)cc1)c1ccccc1. The van der Waals surface area contributed by atoms with Crippen molar-refractivity contribution in [3.63, 3.8) is 0 Å². The number of rotatable bonds is 4. The first-order valence-corrected chi connectivity index (χ1v) is 8.07. The molecule has 0 aromatic heterocycles. The van der Waals surface area contributed by atoms with Gasteiger partial charge in [-0.3, -0.25) is 0 Å². The van der Waals surface area contributed by atoms with Gasteiger partial charge in [0.2, 0.25) is 10.0 Å². The average Bonchev–Trinajstić information content (AvgIpc) is 2.48. The molecule has 0 aliphatic rings. The molecule has 21 heavy (non-hydrogen) atoms. The Morgan fingerprint density at radius 1 is 1.00 bits per heavy atom. The molecule has 2 aromatic carbocycles.